The first-order valence-electron chi connectivity index (χ1n) is 6.12. The highest BCUT2D eigenvalue weighted by Crippen LogP contribution is 2.16. The van der Waals surface area contributed by atoms with Crippen LogP contribution in [0.2, 0.25) is 0 Å². The molecule has 0 aliphatic carbocycles. The first-order chi connectivity index (χ1) is 7.75. The second kappa shape index (κ2) is 5.46. The Hall–Kier alpha value is -0.870. The van der Waals surface area contributed by atoms with Crippen molar-refractivity contribution in [2.75, 3.05) is 19.6 Å². The topological polar surface area (TPSA) is 41.3 Å². The van der Waals surface area contributed by atoms with Crippen LogP contribution >= 0.6 is 0 Å². The lowest BCUT2D eigenvalue weighted by Gasteiger charge is -2.34. The van der Waals surface area contributed by atoms with Gasteiger partial charge in [0.1, 0.15) is 0 Å². The first kappa shape index (κ1) is 11.6. The van der Waals surface area contributed by atoms with Gasteiger partial charge in [-0.1, -0.05) is 6.92 Å². The molecular formula is C12H21N3O. The lowest BCUT2D eigenvalue weighted by atomic mass is 9.96. The Morgan fingerprint density at radius 1 is 1.44 bits per heavy atom. The summed E-state index contributed by atoms with van der Waals surface area (Å²) in [5.74, 6) is 0.463. The van der Waals surface area contributed by atoms with Crippen LogP contribution in [0.1, 0.15) is 19.8 Å². The molecule has 2 unspecified atom stereocenters. The molecule has 1 N–H and O–H groups in total. The van der Waals surface area contributed by atoms with Gasteiger partial charge in [0.15, 0.2) is 0 Å². The summed E-state index contributed by atoms with van der Waals surface area (Å²) in [4.78, 5) is 6.38. The Kier molecular flexibility index (Phi) is 3.96. The predicted molar refractivity (Wildman–Crippen MR) is 63.1 cm³/mol. The molecule has 0 amide bonds. The summed E-state index contributed by atoms with van der Waals surface area (Å²) in [6.45, 7) is 6.19. The van der Waals surface area contributed by atoms with Crippen molar-refractivity contribution in [3.05, 3.63) is 18.7 Å². The van der Waals surface area contributed by atoms with Crippen molar-refractivity contribution in [3.63, 3.8) is 0 Å². The van der Waals surface area contributed by atoms with Crippen LogP contribution in [-0.2, 0) is 6.54 Å². The number of aliphatic hydroxyl groups excluding tert-OH is 1. The number of β-amino-alcohol motifs (C(OH)–C–C–N with tert-alkyl or cyclic N) is 1. The van der Waals surface area contributed by atoms with Gasteiger partial charge in [-0.2, -0.15) is 0 Å². The minimum atomic E-state index is -0.137. The minimum Gasteiger partial charge on any atom is -0.392 e. The van der Waals surface area contributed by atoms with Crippen molar-refractivity contribution in [2.24, 2.45) is 5.92 Å². The summed E-state index contributed by atoms with van der Waals surface area (Å²) < 4.78 is 2.10. The van der Waals surface area contributed by atoms with Crippen LogP contribution in [0.5, 0.6) is 0 Å². The van der Waals surface area contributed by atoms with E-state index in [9.17, 15) is 5.11 Å². The molecule has 0 aromatic carbocycles. The molecule has 1 aliphatic rings. The second-order valence-electron chi connectivity index (χ2n) is 4.79. The van der Waals surface area contributed by atoms with Gasteiger partial charge in [-0.3, -0.25) is 0 Å². The predicted octanol–water partition coefficient (Wildman–Crippen LogP) is 0.976. The lowest BCUT2D eigenvalue weighted by Crippen LogP contribution is -2.43. The fraction of sp³-hybridized carbons (Fsp3) is 0.750. The molecule has 4 nitrogen and oxygen atoms in total. The van der Waals surface area contributed by atoms with Crippen molar-refractivity contribution in [2.45, 2.75) is 32.4 Å². The molecule has 1 aromatic heterocycles. The van der Waals surface area contributed by atoms with E-state index in [2.05, 4.69) is 21.4 Å². The van der Waals surface area contributed by atoms with Gasteiger partial charge in [0.2, 0.25) is 0 Å². The quantitative estimate of drug-likeness (QED) is 0.827. The summed E-state index contributed by atoms with van der Waals surface area (Å²) >= 11 is 0. The Bertz CT molecular complexity index is 299. The molecule has 1 saturated heterocycles. The van der Waals surface area contributed by atoms with Crippen LogP contribution < -0.4 is 0 Å². The Labute approximate surface area is 96.9 Å². The number of rotatable bonds is 4. The van der Waals surface area contributed by atoms with Gasteiger partial charge in [0.05, 0.1) is 12.4 Å². The average molecular weight is 223 g/mol. The molecule has 1 fully saturated rings. The lowest BCUT2D eigenvalue weighted by molar-refractivity contribution is 0.0284. The smallest absolute Gasteiger partial charge is 0.0945 e. The van der Waals surface area contributed by atoms with Crippen LogP contribution in [-0.4, -0.2) is 45.3 Å². The number of hydrogen-bond acceptors (Lipinski definition) is 3. The van der Waals surface area contributed by atoms with Crippen LogP contribution in [0.3, 0.4) is 0 Å². The molecule has 1 aromatic rings. The highest BCUT2D eigenvalue weighted by molar-refractivity contribution is 4.78. The van der Waals surface area contributed by atoms with Crippen LogP contribution in [0.25, 0.3) is 0 Å². The van der Waals surface area contributed by atoms with Crippen molar-refractivity contribution in [3.8, 4) is 0 Å². The number of aliphatic hydroxyl groups is 1. The van der Waals surface area contributed by atoms with Gasteiger partial charge >= 0.3 is 0 Å². The van der Waals surface area contributed by atoms with Gasteiger partial charge in [0.25, 0.3) is 0 Å². The van der Waals surface area contributed by atoms with Crippen LogP contribution in [0.15, 0.2) is 18.7 Å². The normalized spacial score (nSPS) is 27.1. The number of imidazole rings is 1. The van der Waals surface area contributed by atoms with E-state index < -0.39 is 0 Å². The van der Waals surface area contributed by atoms with Gasteiger partial charge < -0.3 is 14.6 Å². The molecule has 2 heterocycles. The van der Waals surface area contributed by atoms with E-state index >= 15 is 0 Å². The average Bonchev–Trinajstić information content (AvgIpc) is 2.76. The van der Waals surface area contributed by atoms with Gasteiger partial charge in [-0.05, 0) is 31.8 Å². The Balaban J connectivity index is 1.67. The molecular weight excluding hydrogens is 202 g/mol. The van der Waals surface area contributed by atoms with Crippen molar-refractivity contribution in [1.29, 1.82) is 0 Å². The zero-order chi connectivity index (χ0) is 11.4. The number of aromatic nitrogens is 2. The third-order valence-electron chi connectivity index (χ3n) is 3.45. The standard InChI is InChI=1S/C12H21N3O/c1-11-3-7-14(9-12(11)16)5-2-6-15-8-4-13-10-15/h4,8,10-12,16H,2-3,5-7,9H2,1H3. The third kappa shape index (κ3) is 3.06. The number of likely N-dealkylation sites (tertiary alicyclic amines) is 1. The molecule has 0 bridgehead atoms. The van der Waals surface area contributed by atoms with Crippen LogP contribution in [0, 0.1) is 5.92 Å². The molecule has 0 spiro atoms. The molecule has 0 radical (unpaired) electrons. The Morgan fingerprint density at radius 3 is 3.00 bits per heavy atom. The van der Waals surface area contributed by atoms with E-state index in [1.165, 1.54) is 0 Å². The molecule has 4 heteroatoms. The number of piperidine rings is 1. The summed E-state index contributed by atoms with van der Waals surface area (Å²) in [5.41, 5.74) is 0. The summed E-state index contributed by atoms with van der Waals surface area (Å²) in [6.07, 6.45) is 7.76. The number of hydrogen-bond donors (Lipinski definition) is 1. The summed E-state index contributed by atoms with van der Waals surface area (Å²) in [5, 5.41) is 9.77. The number of aryl methyl sites for hydroxylation is 1. The van der Waals surface area contributed by atoms with Crippen molar-refractivity contribution < 1.29 is 5.11 Å². The highest BCUT2D eigenvalue weighted by atomic mass is 16.3. The molecule has 90 valence electrons. The zero-order valence-corrected chi connectivity index (χ0v) is 9.92. The fourth-order valence-electron chi connectivity index (χ4n) is 2.21. The molecule has 0 saturated carbocycles. The zero-order valence-electron chi connectivity index (χ0n) is 9.92. The molecule has 2 atom stereocenters. The maximum absolute atomic E-state index is 9.77. The molecule has 1 aliphatic heterocycles. The SMILES string of the molecule is CC1CCN(CCCn2ccnc2)CC1O. The van der Waals surface area contributed by atoms with Gasteiger partial charge in [-0.25, -0.2) is 4.98 Å². The van der Waals surface area contributed by atoms with E-state index in [0.717, 1.165) is 39.0 Å². The highest BCUT2D eigenvalue weighted by Gasteiger charge is 2.23. The van der Waals surface area contributed by atoms with E-state index in [1.54, 1.807) is 0 Å². The maximum atomic E-state index is 9.77. The largest absolute Gasteiger partial charge is 0.392 e. The van der Waals surface area contributed by atoms with Crippen molar-refractivity contribution in [1.82, 2.24) is 14.5 Å². The van der Waals surface area contributed by atoms with Crippen molar-refractivity contribution >= 4 is 0 Å². The maximum Gasteiger partial charge on any atom is 0.0945 e. The van der Waals surface area contributed by atoms with Gasteiger partial charge in [0, 0.05) is 25.5 Å². The number of nitrogens with zero attached hydrogens (tertiary/aromatic N) is 3. The summed E-state index contributed by atoms with van der Waals surface area (Å²) in [6, 6.07) is 0. The molecule has 16 heavy (non-hydrogen) atoms. The van der Waals surface area contributed by atoms with Gasteiger partial charge in [-0.15, -0.1) is 0 Å². The van der Waals surface area contributed by atoms with E-state index in [1.807, 2.05) is 18.7 Å². The van der Waals surface area contributed by atoms with E-state index in [0.29, 0.717) is 5.92 Å². The second-order valence-corrected chi connectivity index (χ2v) is 4.79. The van der Waals surface area contributed by atoms with Crippen LogP contribution in [0.4, 0.5) is 0 Å². The molecule has 2 rings (SSSR count). The van der Waals surface area contributed by atoms with E-state index in [-0.39, 0.29) is 6.10 Å². The van der Waals surface area contributed by atoms with E-state index in [4.69, 9.17) is 0 Å². The minimum absolute atomic E-state index is 0.137. The fourth-order valence-corrected chi connectivity index (χ4v) is 2.21. The summed E-state index contributed by atoms with van der Waals surface area (Å²) in [7, 11) is 0. The first-order valence-corrected chi connectivity index (χ1v) is 6.12. The third-order valence-corrected chi connectivity index (χ3v) is 3.45. The monoisotopic (exact) mass is 223 g/mol. The Morgan fingerprint density at radius 2 is 2.31 bits per heavy atom.